The molecule has 0 saturated heterocycles. The van der Waals surface area contributed by atoms with Crippen LogP contribution in [0.15, 0.2) is 0 Å². The van der Waals surface area contributed by atoms with Gasteiger partial charge in [0.15, 0.2) is 16.6 Å². The lowest BCUT2D eigenvalue weighted by molar-refractivity contribution is 0.132. The molecule has 0 amide bonds. The van der Waals surface area contributed by atoms with Crippen LogP contribution in [0.3, 0.4) is 0 Å². The summed E-state index contributed by atoms with van der Waals surface area (Å²) >= 11 is 3.68. The molecule has 1 aliphatic rings. The molecule has 0 heterocycles. The summed E-state index contributed by atoms with van der Waals surface area (Å²) in [6, 6.07) is 0. The van der Waals surface area contributed by atoms with Crippen molar-refractivity contribution in [1.82, 2.24) is 0 Å². The van der Waals surface area contributed by atoms with Gasteiger partial charge in [0.05, 0.1) is 0 Å². The third-order valence-corrected chi connectivity index (χ3v) is 16.3. The maximum absolute atomic E-state index is 6.56. The minimum absolute atomic E-state index is 0.245. The van der Waals surface area contributed by atoms with Crippen LogP contribution in [0.5, 0.6) is 0 Å². The second kappa shape index (κ2) is 6.86. The highest BCUT2D eigenvalue weighted by molar-refractivity contribution is 9.09. The van der Waals surface area contributed by atoms with Crippen LogP contribution in [0.2, 0.25) is 36.3 Å². The molecule has 1 aliphatic carbocycles. The van der Waals surface area contributed by atoms with E-state index in [0.29, 0.717) is 5.92 Å². The third-order valence-electron chi connectivity index (χ3n) is 6.60. The van der Waals surface area contributed by atoms with Gasteiger partial charge in [-0.05, 0) is 48.6 Å². The van der Waals surface area contributed by atoms with E-state index in [9.17, 15) is 0 Å². The largest absolute Gasteiger partial charge is 0.416 e. The van der Waals surface area contributed by atoms with Crippen molar-refractivity contribution in [3.8, 4) is 0 Å². The molecule has 23 heavy (non-hydrogen) atoms. The molecule has 1 unspecified atom stereocenters. The summed E-state index contributed by atoms with van der Waals surface area (Å²) in [6.45, 7) is 25.0. The summed E-state index contributed by atoms with van der Waals surface area (Å²) in [5.41, 5.74) is 0.245. The lowest BCUT2D eigenvalue weighted by Crippen LogP contribution is -2.45. The van der Waals surface area contributed by atoms with Crippen LogP contribution < -0.4 is 0 Å². The molecule has 0 N–H and O–H groups in total. The zero-order valence-corrected chi connectivity index (χ0v) is 20.7. The van der Waals surface area contributed by atoms with Gasteiger partial charge >= 0.3 is 0 Å². The average molecular weight is 424 g/mol. The minimum atomic E-state index is -1.69. The molecule has 2 nitrogen and oxygen atoms in total. The summed E-state index contributed by atoms with van der Waals surface area (Å²) in [5, 5.41) is 1.61. The first-order valence-electron chi connectivity index (χ1n) is 8.92. The van der Waals surface area contributed by atoms with E-state index in [1.807, 2.05) is 0 Å². The molecule has 0 radical (unpaired) electrons. The highest BCUT2D eigenvalue weighted by atomic mass is 79.9. The summed E-state index contributed by atoms with van der Waals surface area (Å²) in [7, 11) is -3.38. The molecular weight excluding hydrogens is 384 g/mol. The van der Waals surface area contributed by atoms with Crippen molar-refractivity contribution in [2.75, 3.05) is 18.5 Å². The Morgan fingerprint density at radius 3 is 1.43 bits per heavy atom. The Balaban J connectivity index is 2.72. The van der Waals surface area contributed by atoms with E-state index >= 15 is 0 Å². The summed E-state index contributed by atoms with van der Waals surface area (Å²) in [4.78, 5) is 0. The summed E-state index contributed by atoms with van der Waals surface area (Å²) in [6.07, 6.45) is 1.24. The van der Waals surface area contributed by atoms with Crippen molar-refractivity contribution in [2.45, 2.75) is 84.2 Å². The van der Waals surface area contributed by atoms with Crippen LogP contribution in [0, 0.1) is 11.3 Å². The topological polar surface area (TPSA) is 18.5 Å². The molecule has 0 aliphatic heterocycles. The molecule has 1 atom stereocenters. The minimum Gasteiger partial charge on any atom is -0.416 e. The van der Waals surface area contributed by atoms with Gasteiger partial charge in [0.1, 0.15) is 0 Å². The smallest absolute Gasteiger partial charge is 0.192 e. The lowest BCUT2D eigenvalue weighted by atomic mass is 10.1. The van der Waals surface area contributed by atoms with Gasteiger partial charge in [-0.1, -0.05) is 57.5 Å². The molecule has 5 heteroatoms. The molecule has 1 fully saturated rings. The second-order valence-electron chi connectivity index (χ2n) is 10.5. The van der Waals surface area contributed by atoms with Crippen LogP contribution in [0.25, 0.3) is 0 Å². The highest BCUT2D eigenvalue weighted by Crippen LogP contribution is 2.55. The van der Waals surface area contributed by atoms with Crippen LogP contribution >= 0.6 is 15.9 Å². The quantitative estimate of drug-likeness (QED) is 0.347. The molecule has 1 saturated carbocycles. The molecule has 138 valence electrons. The Labute approximate surface area is 155 Å². The molecule has 0 bridgehead atoms. The molecule has 0 aromatic heterocycles. The van der Waals surface area contributed by atoms with E-state index in [0.717, 1.165) is 18.5 Å². The third kappa shape index (κ3) is 5.16. The van der Waals surface area contributed by atoms with Crippen molar-refractivity contribution in [2.24, 2.45) is 11.3 Å². The second-order valence-corrected chi connectivity index (χ2v) is 20.8. The maximum Gasteiger partial charge on any atom is 0.192 e. The van der Waals surface area contributed by atoms with Crippen LogP contribution in [-0.2, 0) is 8.85 Å². The van der Waals surface area contributed by atoms with Crippen LogP contribution in [0.1, 0.15) is 48.0 Å². The van der Waals surface area contributed by atoms with E-state index in [1.54, 1.807) is 0 Å². The van der Waals surface area contributed by atoms with Crippen molar-refractivity contribution >= 4 is 32.6 Å². The normalized spacial score (nSPS) is 22.3. The van der Waals surface area contributed by atoms with E-state index in [4.69, 9.17) is 8.85 Å². The van der Waals surface area contributed by atoms with Gasteiger partial charge in [0, 0.05) is 24.0 Å². The molecular formula is C18H39BrO2Si2. The number of alkyl halides is 1. The number of halogens is 1. The lowest BCUT2D eigenvalue weighted by Gasteiger charge is -2.40. The Morgan fingerprint density at radius 2 is 1.22 bits per heavy atom. The maximum atomic E-state index is 6.56. The highest BCUT2D eigenvalue weighted by Gasteiger charge is 2.56. The monoisotopic (exact) mass is 422 g/mol. The Morgan fingerprint density at radius 1 is 0.870 bits per heavy atom. The van der Waals surface area contributed by atoms with Gasteiger partial charge in [0.25, 0.3) is 0 Å². The number of hydrogen-bond donors (Lipinski definition) is 0. The number of rotatable bonds is 7. The van der Waals surface area contributed by atoms with Gasteiger partial charge in [-0.25, -0.2) is 0 Å². The first-order valence-corrected chi connectivity index (χ1v) is 15.9. The van der Waals surface area contributed by atoms with Gasteiger partial charge in [-0.3, -0.25) is 0 Å². The van der Waals surface area contributed by atoms with Crippen LogP contribution in [-0.4, -0.2) is 35.2 Å². The predicted octanol–water partition coefficient (Wildman–Crippen LogP) is 6.43. The fraction of sp³-hybridized carbons (Fsp3) is 1.00. The molecule has 0 spiro atoms. The zero-order valence-electron chi connectivity index (χ0n) is 17.1. The fourth-order valence-electron chi connectivity index (χ4n) is 2.13. The van der Waals surface area contributed by atoms with E-state index < -0.39 is 16.6 Å². The molecule has 0 aromatic rings. The van der Waals surface area contributed by atoms with Gasteiger partial charge < -0.3 is 8.85 Å². The zero-order chi connectivity index (χ0) is 18.3. The fourth-order valence-corrected chi connectivity index (χ4v) is 5.20. The summed E-state index contributed by atoms with van der Waals surface area (Å²) < 4.78 is 13.1. The summed E-state index contributed by atoms with van der Waals surface area (Å²) in [5.74, 6) is 0.706. The Bertz CT molecular complexity index is 378. The van der Waals surface area contributed by atoms with Crippen molar-refractivity contribution in [3.05, 3.63) is 0 Å². The van der Waals surface area contributed by atoms with E-state index in [1.165, 1.54) is 6.42 Å². The Hall–Kier alpha value is 0.834. The predicted molar refractivity (Wildman–Crippen MR) is 111 cm³/mol. The van der Waals surface area contributed by atoms with E-state index in [-0.39, 0.29) is 15.5 Å². The van der Waals surface area contributed by atoms with E-state index in [2.05, 4.69) is 83.7 Å². The first kappa shape index (κ1) is 21.9. The Kier molecular flexibility index (Phi) is 6.52. The van der Waals surface area contributed by atoms with Crippen molar-refractivity contribution in [1.29, 1.82) is 0 Å². The van der Waals surface area contributed by atoms with Crippen molar-refractivity contribution < 1.29 is 8.85 Å². The standard InChI is InChI=1S/C18H39BrO2Si2/c1-16(2,3)22(7,8)20-13-18(11-15(18)12-19)14-21-23(9,10)17(4,5)6/h15H,11-14H2,1-10H3. The number of hydrogen-bond acceptors (Lipinski definition) is 2. The van der Waals surface area contributed by atoms with Crippen molar-refractivity contribution in [3.63, 3.8) is 0 Å². The first-order chi connectivity index (χ1) is 10.1. The van der Waals surface area contributed by atoms with Crippen LogP contribution in [0.4, 0.5) is 0 Å². The van der Waals surface area contributed by atoms with Gasteiger partial charge in [-0.15, -0.1) is 0 Å². The van der Waals surface area contributed by atoms with Gasteiger partial charge in [-0.2, -0.15) is 0 Å². The molecule has 1 rings (SSSR count). The van der Waals surface area contributed by atoms with Gasteiger partial charge in [0.2, 0.25) is 0 Å². The average Bonchev–Trinajstić information content (AvgIpc) is 3.06. The molecule has 0 aromatic carbocycles. The SMILES string of the molecule is CC(C)(C)[Si](C)(C)OCC1(CO[Si](C)(C)C(C)(C)C)CC1CBr.